The summed E-state index contributed by atoms with van der Waals surface area (Å²) < 4.78 is 5.44. The van der Waals surface area contributed by atoms with E-state index in [4.69, 9.17) is 16.3 Å². The average molecular weight is 357 g/mol. The fourth-order valence-corrected chi connectivity index (χ4v) is 4.14. The van der Waals surface area contributed by atoms with Crippen LogP contribution in [-0.2, 0) is 9.53 Å². The molecule has 2 aliphatic rings. The Morgan fingerprint density at radius 1 is 1.20 bits per heavy atom. The largest absolute Gasteiger partial charge is 0.464 e. The fourth-order valence-electron chi connectivity index (χ4n) is 4.02. The molecule has 2 aliphatic heterocycles. The molecular formula is C20H21ClN2O2. The van der Waals surface area contributed by atoms with Crippen LogP contribution in [0.5, 0.6) is 0 Å². The first kappa shape index (κ1) is 16.3. The molecule has 0 unspecified atom stereocenters. The first-order chi connectivity index (χ1) is 12.2. The molecule has 0 aromatic heterocycles. The molecule has 2 heterocycles. The predicted octanol–water partition coefficient (Wildman–Crippen LogP) is 4.39. The number of anilines is 2. The molecule has 2 aromatic rings. The van der Waals surface area contributed by atoms with E-state index in [9.17, 15) is 4.79 Å². The van der Waals surface area contributed by atoms with E-state index >= 15 is 0 Å². The Morgan fingerprint density at radius 3 is 2.72 bits per heavy atom. The van der Waals surface area contributed by atoms with Gasteiger partial charge in [0.05, 0.1) is 6.61 Å². The molecule has 0 amide bonds. The topological polar surface area (TPSA) is 32.8 Å². The minimum Gasteiger partial charge on any atom is -0.464 e. The van der Waals surface area contributed by atoms with E-state index in [0.29, 0.717) is 11.6 Å². The highest BCUT2D eigenvalue weighted by Crippen LogP contribution is 2.45. The van der Waals surface area contributed by atoms with Crippen molar-refractivity contribution in [3.05, 3.63) is 59.1 Å². The second kappa shape index (κ2) is 6.60. The number of carbonyl (C=O) groups is 1. The van der Waals surface area contributed by atoms with E-state index in [2.05, 4.69) is 15.9 Å². The van der Waals surface area contributed by atoms with Crippen LogP contribution in [0, 0.1) is 0 Å². The Balaban J connectivity index is 1.86. The van der Waals surface area contributed by atoms with Gasteiger partial charge in [-0.05, 0) is 50.1 Å². The van der Waals surface area contributed by atoms with Crippen molar-refractivity contribution >= 4 is 28.9 Å². The van der Waals surface area contributed by atoms with E-state index in [1.54, 1.807) is 0 Å². The Kier molecular flexibility index (Phi) is 4.30. The maximum Gasteiger partial charge on any atom is 0.333 e. The Morgan fingerprint density at radius 2 is 1.96 bits per heavy atom. The lowest BCUT2D eigenvalue weighted by Gasteiger charge is -2.47. The zero-order chi connectivity index (χ0) is 17.4. The van der Waals surface area contributed by atoms with Gasteiger partial charge in [0.15, 0.2) is 6.04 Å². The molecule has 4 nitrogen and oxygen atoms in total. The number of benzene rings is 2. The van der Waals surface area contributed by atoms with Gasteiger partial charge < -0.3 is 14.5 Å². The molecule has 1 saturated heterocycles. The maximum atomic E-state index is 12.9. The Hall–Kier alpha value is -2.20. The van der Waals surface area contributed by atoms with Gasteiger partial charge in [0.25, 0.3) is 0 Å². The van der Waals surface area contributed by atoms with Crippen molar-refractivity contribution in [3.63, 3.8) is 0 Å². The number of carbonyl (C=O) groups excluding carboxylic acids is 1. The molecule has 1 fully saturated rings. The summed E-state index contributed by atoms with van der Waals surface area (Å²) in [6.45, 7) is 3.22. The van der Waals surface area contributed by atoms with Crippen molar-refractivity contribution in [2.75, 3.05) is 23.0 Å². The highest BCUT2D eigenvalue weighted by atomic mass is 35.5. The number of ether oxygens (including phenoxy) is 1. The summed E-state index contributed by atoms with van der Waals surface area (Å²) in [7, 11) is 0. The number of hydrogen-bond acceptors (Lipinski definition) is 4. The van der Waals surface area contributed by atoms with Crippen molar-refractivity contribution in [3.8, 4) is 0 Å². The third-order valence-electron chi connectivity index (χ3n) is 5.00. The van der Waals surface area contributed by atoms with Crippen LogP contribution in [0.15, 0.2) is 48.5 Å². The normalized spacial score (nSPS) is 21.7. The van der Waals surface area contributed by atoms with Gasteiger partial charge in [-0.15, -0.1) is 0 Å². The Labute approximate surface area is 152 Å². The SMILES string of the molecule is CCOC(=O)[C@@H]1c2ccccc2N2CCC[C@H]2N1c1ccc(Cl)cc1. The summed E-state index contributed by atoms with van der Waals surface area (Å²) in [6.07, 6.45) is 2.29. The van der Waals surface area contributed by atoms with Crippen LogP contribution >= 0.6 is 11.6 Å². The number of fused-ring (bicyclic) bond motifs is 3. The number of para-hydroxylation sites is 1. The summed E-state index contributed by atoms with van der Waals surface area (Å²) in [5, 5.41) is 0.692. The van der Waals surface area contributed by atoms with Gasteiger partial charge in [0.2, 0.25) is 0 Å². The summed E-state index contributed by atoms with van der Waals surface area (Å²) in [4.78, 5) is 17.5. The van der Waals surface area contributed by atoms with Crippen LogP contribution in [0.25, 0.3) is 0 Å². The van der Waals surface area contributed by atoms with E-state index in [1.807, 2.05) is 49.4 Å². The van der Waals surface area contributed by atoms with Crippen LogP contribution in [0.3, 0.4) is 0 Å². The minimum atomic E-state index is -0.434. The average Bonchev–Trinajstić information content (AvgIpc) is 3.11. The van der Waals surface area contributed by atoms with Crippen LogP contribution in [-0.4, -0.2) is 25.3 Å². The Bertz CT molecular complexity index is 778. The molecule has 5 heteroatoms. The number of halogens is 1. The molecule has 0 radical (unpaired) electrons. The molecule has 25 heavy (non-hydrogen) atoms. The van der Waals surface area contributed by atoms with Crippen molar-refractivity contribution in [1.82, 2.24) is 0 Å². The zero-order valence-electron chi connectivity index (χ0n) is 14.2. The highest BCUT2D eigenvalue weighted by Gasteiger charge is 2.44. The van der Waals surface area contributed by atoms with Gasteiger partial charge in [-0.25, -0.2) is 4.79 Å². The first-order valence-electron chi connectivity index (χ1n) is 8.77. The lowest BCUT2D eigenvalue weighted by molar-refractivity contribution is -0.145. The molecule has 0 spiro atoms. The highest BCUT2D eigenvalue weighted by molar-refractivity contribution is 6.30. The van der Waals surface area contributed by atoms with E-state index in [0.717, 1.165) is 36.3 Å². The fraction of sp³-hybridized carbons (Fsp3) is 0.350. The number of esters is 1. The van der Waals surface area contributed by atoms with Crippen molar-refractivity contribution < 1.29 is 9.53 Å². The summed E-state index contributed by atoms with van der Waals surface area (Å²) >= 11 is 6.07. The number of rotatable bonds is 3. The monoisotopic (exact) mass is 356 g/mol. The predicted molar refractivity (Wildman–Crippen MR) is 100 cm³/mol. The van der Waals surface area contributed by atoms with Crippen LogP contribution in [0.2, 0.25) is 5.02 Å². The number of nitrogens with zero attached hydrogens (tertiary/aromatic N) is 2. The van der Waals surface area contributed by atoms with E-state index in [1.165, 1.54) is 0 Å². The third kappa shape index (κ3) is 2.74. The van der Waals surface area contributed by atoms with Gasteiger partial charge in [-0.2, -0.15) is 0 Å². The molecule has 0 bridgehead atoms. The van der Waals surface area contributed by atoms with E-state index < -0.39 is 6.04 Å². The van der Waals surface area contributed by atoms with Gasteiger partial charge in [-0.3, -0.25) is 0 Å². The first-order valence-corrected chi connectivity index (χ1v) is 9.14. The molecule has 0 N–H and O–H groups in total. The van der Waals surface area contributed by atoms with Crippen LogP contribution < -0.4 is 9.80 Å². The van der Waals surface area contributed by atoms with Gasteiger partial charge in [0, 0.05) is 28.5 Å². The summed E-state index contributed by atoms with van der Waals surface area (Å²) in [5.74, 6) is -0.198. The van der Waals surface area contributed by atoms with Crippen molar-refractivity contribution in [2.24, 2.45) is 0 Å². The standard InChI is InChI=1S/C20H21ClN2O2/c1-2-25-20(24)19-16-6-3-4-7-17(16)22-13-5-8-18(22)23(19)15-11-9-14(21)10-12-15/h3-4,6-7,9-12,18-19H,2,5,8,13H2,1H3/t18-,19+/m1/s1. The second-order valence-corrected chi connectivity index (χ2v) is 6.85. The zero-order valence-corrected chi connectivity index (χ0v) is 14.9. The van der Waals surface area contributed by atoms with Crippen molar-refractivity contribution in [1.29, 1.82) is 0 Å². The van der Waals surface area contributed by atoms with Crippen LogP contribution in [0.4, 0.5) is 11.4 Å². The van der Waals surface area contributed by atoms with Gasteiger partial charge >= 0.3 is 5.97 Å². The molecular weight excluding hydrogens is 336 g/mol. The lowest BCUT2D eigenvalue weighted by Crippen LogP contribution is -2.53. The minimum absolute atomic E-state index is 0.158. The molecule has 0 saturated carbocycles. The lowest BCUT2D eigenvalue weighted by atomic mass is 9.97. The van der Waals surface area contributed by atoms with E-state index in [-0.39, 0.29) is 12.1 Å². The van der Waals surface area contributed by atoms with Crippen molar-refractivity contribution in [2.45, 2.75) is 32.0 Å². The number of hydrogen-bond donors (Lipinski definition) is 0. The van der Waals surface area contributed by atoms with Gasteiger partial charge in [0.1, 0.15) is 6.17 Å². The van der Waals surface area contributed by atoms with Gasteiger partial charge in [-0.1, -0.05) is 29.8 Å². The molecule has 130 valence electrons. The second-order valence-electron chi connectivity index (χ2n) is 6.41. The summed E-state index contributed by atoms with van der Waals surface area (Å²) in [6, 6.07) is 15.5. The molecule has 0 aliphatic carbocycles. The van der Waals surface area contributed by atoms with Crippen LogP contribution in [0.1, 0.15) is 31.4 Å². The molecule has 2 aromatic carbocycles. The quantitative estimate of drug-likeness (QED) is 0.763. The smallest absolute Gasteiger partial charge is 0.333 e. The molecule has 4 rings (SSSR count). The third-order valence-corrected chi connectivity index (χ3v) is 5.25. The summed E-state index contributed by atoms with van der Waals surface area (Å²) in [5.41, 5.74) is 3.15. The molecule has 2 atom stereocenters. The maximum absolute atomic E-state index is 12.9.